The van der Waals surface area contributed by atoms with Gasteiger partial charge in [0.15, 0.2) is 17.4 Å². The largest absolute Gasteiger partial charge is 0.406 e. The first kappa shape index (κ1) is 28.8. The fraction of sp³-hybridized carbons (Fsp3) is 0.367. The molecule has 7 nitrogen and oxygen atoms in total. The summed E-state index contributed by atoms with van der Waals surface area (Å²) in [6, 6.07) is 4.96. The molecular weight excluding hydrogens is 578 g/mol. The van der Waals surface area contributed by atoms with Gasteiger partial charge in [-0.1, -0.05) is 6.07 Å². The predicted octanol–water partition coefficient (Wildman–Crippen LogP) is 5.04. The Morgan fingerprint density at radius 2 is 1.84 bits per heavy atom. The monoisotopic (exact) mass is 602 g/mol. The van der Waals surface area contributed by atoms with E-state index in [9.17, 15) is 40.7 Å². The van der Waals surface area contributed by atoms with Gasteiger partial charge in [0.2, 0.25) is 11.8 Å². The molecule has 1 aromatic carbocycles. The number of carbonyl (C=O) groups excluding carboxylic acids is 3. The number of likely N-dealkylation sites (tertiary alicyclic amines) is 1. The van der Waals surface area contributed by atoms with Gasteiger partial charge in [-0.25, -0.2) is 18.2 Å². The molecule has 1 fully saturated rings. The molecule has 13 heteroatoms. The normalized spacial score (nSPS) is 24.7. The fourth-order valence-corrected chi connectivity index (χ4v) is 6.69. The van der Waals surface area contributed by atoms with Crippen molar-refractivity contribution >= 4 is 23.4 Å². The van der Waals surface area contributed by atoms with E-state index >= 15 is 0 Å². The third-order valence-electron chi connectivity index (χ3n) is 8.81. The van der Waals surface area contributed by atoms with Crippen LogP contribution in [0.1, 0.15) is 58.4 Å². The Bertz CT molecular complexity index is 1680. The van der Waals surface area contributed by atoms with Crippen LogP contribution in [0.3, 0.4) is 0 Å². The Balaban J connectivity index is 1.28. The summed E-state index contributed by atoms with van der Waals surface area (Å²) in [5.74, 6) is -8.21. The van der Waals surface area contributed by atoms with Gasteiger partial charge in [0.1, 0.15) is 18.2 Å². The Hall–Kier alpha value is -4.29. The van der Waals surface area contributed by atoms with Crippen LogP contribution >= 0.6 is 0 Å². The lowest BCUT2D eigenvalue weighted by Crippen LogP contribution is -2.54. The highest BCUT2D eigenvalue weighted by Crippen LogP contribution is 2.46. The van der Waals surface area contributed by atoms with Crippen molar-refractivity contribution in [3.63, 3.8) is 0 Å². The highest BCUT2D eigenvalue weighted by molar-refractivity contribution is 6.06. The van der Waals surface area contributed by atoms with E-state index in [0.717, 1.165) is 0 Å². The van der Waals surface area contributed by atoms with Crippen molar-refractivity contribution in [2.24, 2.45) is 5.92 Å². The van der Waals surface area contributed by atoms with Crippen LogP contribution in [-0.2, 0) is 27.8 Å². The minimum absolute atomic E-state index is 0.0778. The maximum absolute atomic E-state index is 14.8. The number of hydrogen-bond donors (Lipinski definition) is 1. The molecule has 2 amide bonds. The molecule has 1 spiro atoms. The molecule has 224 valence electrons. The number of alkyl halides is 3. The van der Waals surface area contributed by atoms with E-state index in [2.05, 4.69) is 15.3 Å². The Kier molecular flexibility index (Phi) is 6.81. The second-order valence-corrected chi connectivity index (χ2v) is 11.4. The number of benzene rings is 1. The first-order valence-electron chi connectivity index (χ1n) is 13.6. The van der Waals surface area contributed by atoms with Crippen molar-refractivity contribution in [2.75, 3.05) is 11.9 Å². The van der Waals surface area contributed by atoms with Crippen molar-refractivity contribution < 1.29 is 40.7 Å². The Morgan fingerprint density at radius 3 is 2.58 bits per heavy atom. The second-order valence-electron chi connectivity index (χ2n) is 11.4. The lowest BCUT2D eigenvalue weighted by atomic mass is 9.76. The lowest BCUT2D eigenvalue weighted by Gasteiger charge is -2.43. The van der Waals surface area contributed by atoms with Gasteiger partial charge in [0.05, 0.1) is 5.41 Å². The van der Waals surface area contributed by atoms with Gasteiger partial charge in [-0.05, 0) is 49.6 Å². The molecule has 1 saturated heterocycles. The van der Waals surface area contributed by atoms with Crippen molar-refractivity contribution in [3.8, 4) is 0 Å². The lowest BCUT2D eigenvalue weighted by molar-refractivity contribution is -0.172. The van der Waals surface area contributed by atoms with Gasteiger partial charge in [0.25, 0.3) is 0 Å². The van der Waals surface area contributed by atoms with Gasteiger partial charge >= 0.3 is 6.18 Å². The van der Waals surface area contributed by atoms with Crippen LogP contribution in [0.2, 0.25) is 0 Å². The number of halogens is 6. The zero-order valence-corrected chi connectivity index (χ0v) is 22.6. The van der Waals surface area contributed by atoms with Crippen LogP contribution in [-0.4, -0.2) is 51.2 Å². The number of amides is 2. The van der Waals surface area contributed by atoms with E-state index in [4.69, 9.17) is 0 Å². The molecule has 1 aliphatic carbocycles. The summed E-state index contributed by atoms with van der Waals surface area (Å²) in [6.07, 6.45) is -2.42. The van der Waals surface area contributed by atoms with E-state index in [1.807, 2.05) is 0 Å². The van der Waals surface area contributed by atoms with Gasteiger partial charge in [0, 0.05) is 65.5 Å². The summed E-state index contributed by atoms with van der Waals surface area (Å²) < 4.78 is 83.9. The number of hydrogen-bond acceptors (Lipinski definition) is 5. The van der Waals surface area contributed by atoms with E-state index in [1.54, 1.807) is 24.4 Å². The first-order valence-corrected chi connectivity index (χ1v) is 13.6. The molecule has 3 aliphatic rings. The maximum Gasteiger partial charge on any atom is 0.406 e. The number of ketones is 1. The summed E-state index contributed by atoms with van der Waals surface area (Å²) >= 11 is 0. The second kappa shape index (κ2) is 10.2. The molecule has 1 N–H and O–H groups in total. The third-order valence-corrected chi connectivity index (χ3v) is 8.81. The number of Topliss-reactive ketones (excluding diaryl/α,β-unsaturated/α-hetero) is 1. The smallest absolute Gasteiger partial charge is 0.330 e. The first-order chi connectivity index (χ1) is 20.3. The van der Waals surface area contributed by atoms with Gasteiger partial charge < -0.3 is 10.2 Å². The molecule has 2 aromatic heterocycles. The summed E-state index contributed by atoms with van der Waals surface area (Å²) in [4.78, 5) is 48.7. The molecule has 43 heavy (non-hydrogen) atoms. The Morgan fingerprint density at radius 1 is 1.09 bits per heavy atom. The van der Waals surface area contributed by atoms with Crippen LogP contribution in [0.4, 0.5) is 32.2 Å². The molecule has 3 aromatic rings. The average molecular weight is 603 g/mol. The van der Waals surface area contributed by atoms with Crippen molar-refractivity contribution in [1.29, 1.82) is 0 Å². The molecule has 0 unspecified atom stereocenters. The Labute approximate surface area is 241 Å². The van der Waals surface area contributed by atoms with Crippen molar-refractivity contribution in [3.05, 3.63) is 88.1 Å². The topological polar surface area (TPSA) is 92.3 Å². The number of nitrogens with zero attached hydrogens (tertiary/aromatic N) is 3. The number of rotatable bonds is 5. The summed E-state index contributed by atoms with van der Waals surface area (Å²) in [7, 11) is 0. The minimum atomic E-state index is -4.83. The number of nitrogens with one attached hydrogen (secondary N) is 1. The molecule has 0 bridgehead atoms. The minimum Gasteiger partial charge on any atom is -0.330 e. The number of fused-ring (bicyclic) bond motifs is 3. The molecule has 4 atom stereocenters. The number of aromatic nitrogens is 2. The van der Waals surface area contributed by atoms with E-state index in [1.165, 1.54) is 13.1 Å². The average Bonchev–Trinajstić information content (AvgIpc) is 3.47. The molecule has 0 saturated carbocycles. The van der Waals surface area contributed by atoms with Gasteiger partial charge in [-0.2, -0.15) is 13.2 Å². The molecule has 4 heterocycles. The van der Waals surface area contributed by atoms with E-state index < -0.39 is 77.1 Å². The standard InChI is InChI=1S/C30H24F6N4O3/c1-14-18(24-20(31)4-5-21(32)25(24)33)8-15(27(42)40(14)13-30(34,35)36)9-23(41)17-7-16-10-29(11-22(16)38-12-17)19-3-2-6-37-26(19)39-28(29)43/h2-7,12,14-15,18H,8-11,13H2,1H3,(H,37,39,43)/t14-,15-,18-,29+/m1/s1. The number of piperidine rings is 1. The zero-order chi connectivity index (χ0) is 30.8. The summed E-state index contributed by atoms with van der Waals surface area (Å²) in [5, 5.41) is 2.77. The molecule has 2 aliphatic heterocycles. The maximum atomic E-state index is 14.8. The quantitative estimate of drug-likeness (QED) is 0.251. The number of carbonyl (C=O) groups is 3. The van der Waals surface area contributed by atoms with Crippen LogP contribution in [0.25, 0.3) is 0 Å². The van der Waals surface area contributed by atoms with Crippen LogP contribution < -0.4 is 5.32 Å². The highest BCUT2D eigenvalue weighted by atomic mass is 19.4. The summed E-state index contributed by atoms with van der Waals surface area (Å²) in [6.45, 7) is -0.489. The van der Waals surface area contributed by atoms with Gasteiger partial charge in [-0.3, -0.25) is 19.4 Å². The highest BCUT2D eigenvalue weighted by Gasteiger charge is 2.52. The van der Waals surface area contributed by atoms with Crippen LogP contribution in [0.15, 0.2) is 42.7 Å². The van der Waals surface area contributed by atoms with E-state index in [0.29, 0.717) is 39.7 Å². The molecule has 6 rings (SSSR count). The predicted molar refractivity (Wildman–Crippen MR) is 140 cm³/mol. The SMILES string of the molecule is C[C@@H]1[C@H](c2c(F)ccc(F)c2F)C[C@H](CC(=O)c2cnc3c(c2)C[C@@]2(C3)C(=O)Nc3ncccc32)C(=O)N1CC(F)(F)F. The molecule has 0 radical (unpaired) electrons. The van der Waals surface area contributed by atoms with Gasteiger partial charge in [-0.15, -0.1) is 0 Å². The number of anilines is 1. The van der Waals surface area contributed by atoms with E-state index in [-0.39, 0.29) is 30.7 Å². The van der Waals surface area contributed by atoms with Crippen molar-refractivity contribution in [1.82, 2.24) is 14.9 Å². The number of pyridine rings is 2. The zero-order valence-electron chi connectivity index (χ0n) is 22.6. The van der Waals surface area contributed by atoms with Crippen LogP contribution in [0.5, 0.6) is 0 Å². The van der Waals surface area contributed by atoms with Crippen LogP contribution in [0, 0.1) is 23.4 Å². The van der Waals surface area contributed by atoms with Crippen molar-refractivity contribution in [2.45, 2.75) is 56.2 Å². The fourth-order valence-electron chi connectivity index (χ4n) is 6.69. The summed E-state index contributed by atoms with van der Waals surface area (Å²) in [5.41, 5.74) is 0.301. The molecular formula is C30H24F6N4O3. The third kappa shape index (κ3) is 4.84.